The Morgan fingerprint density at radius 3 is 2.93 bits per heavy atom. The molecule has 0 spiro atoms. The topological polar surface area (TPSA) is 51.2 Å². The molecule has 2 aromatic rings. The smallest absolute Gasteiger partial charge is 0.154 e. The maximum absolute atomic E-state index is 9.95. The van der Waals surface area contributed by atoms with Gasteiger partial charge in [-0.3, -0.25) is 4.68 Å². The molecule has 2 rings (SSSR count). The quantitative estimate of drug-likeness (QED) is 0.893. The molecule has 0 radical (unpaired) electrons. The summed E-state index contributed by atoms with van der Waals surface area (Å²) < 4.78 is 7.49. The lowest BCUT2D eigenvalue weighted by atomic mass is 10.2. The molecule has 1 N–H and O–H groups in total. The van der Waals surface area contributed by atoms with E-state index in [0.717, 1.165) is 4.47 Å². The van der Waals surface area contributed by atoms with Crippen molar-refractivity contribution in [2.24, 2.45) is 7.05 Å². The summed E-state index contributed by atoms with van der Waals surface area (Å²) in [6, 6.07) is 3.47. The molecule has 1 unspecified atom stereocenters. The van der Waals surface area contributed by atoms with Gasteiger partial charge in [0.25, 0.3) is 0 Å². The van der Waals surface area contributed by atoms with E-state index in [1.54, 1.807) is 30.1 Å². The van der Waals surface area contributed by atoms with Crippen molar-refractivity contribution < 1.29 is 9.52 Å². The lowest BCUT2D eigenvalue weighted by Gasteiger charge is -2.08. The van der Waals surface area contributed by atoms with Crippen molar-refractivity contribution in [3.63, 3.8) is 0 Å². The van der Waals surface area contributed by atoms with Gasteiger partial charge in [-0.25, -0.2) is 0 Å². The Bertz CT molecular complexity index is 402. The van der Waals surface area contributed by atoms with Crippen molar-refractivity contribution in [3.05, 3.63) is 40.5 Å². The van der Waals surface area contributed by atoms with Gasteiger partial charge in [-0.1, -0.05) is 0 Å². The van der Waals surface area contributed by atoms with E-state index in [1.165, 1.54) is 6.26 Å². The van der Waals surface area contributed by atoms with Gasteiger partial charge < -0.3 is 9.52 Å². The van der Waals surface area contributed by atoms with Crippen LogP contribution in [0.15, 0.2) is 33.5 Å². The van der Waals surface area contributed by atoms with E-state index in [9.17, 15) is 5.11 Å². The first-order valence-corrected chi connectivity index (χ1v) is 4.88. The van der Waals surface area contributed by atoms with E-state index in [4.69, 9.17) is 4.42 Å². The zero-order valence-corrected chi connectivity index (χ0v) is 9.10. The van der Waals surface area contributed by atoms with Crippen LogP contribution in [0.25, 0.3) is 0 Å². The molecule has 0 fully saturated rings. The highest BCUT2D eigenvalue weighted by Crippen LogP contribution is 2.27. The maximum atomic E-state index is 9.95. The number of hydrogen-bond acceptors (Lipinski definition) is 3. The zero-order valence-electron chi connectivity index (χ0n) is 7.51. The van der Waals surface area contributed by atoms with Gasteiger partial charge in [0, 0.05) is 7.05 Å². The van der Waals surface area contributed by atoms with E-state index < -0.39 is 6.10 Å². The van der Waals surface area contributed by atoms with Crippen LogP contribution in [-0.2, 0) is 7.05 Å². The molecule has 2 aromatic heterocycles. The molecule has 0 saturated heterocycles. The highest BCUT2D eigenvalue weighted by atomic mass is 79.9. The Hall–Kier alpha value is -1.07. The number of rotatable bonds is 2. The number of aromatic nitrogens is 2. The van der Waals surface area contributed by atoms with Crippen molar-refractivity contribution in [1.82, 2.24) is 9.78 Å². The molecule has 1 atom stereocenters. The number of hydrogen-bond donors (Lipinski definition) is 1. The van der Waals surface area contributed by atoms with Crippen LogP contribution in [0.1, 0.15) is 17.6 Å². The van der Waals surface area contributed by atoms with Gasteiger partial charge >= 0.3 is 0 Å². The average molecular weight is 257 g/mol. The van der Waals surface area contributed by atoms with E-state index in [0.29, 0.717) is 11.5 Å². The fourth-order valence-electron chi connectivity index (χ4n) is 1.31. The highest BCUT2D eigenvalue weighted by molar-refractivity contribution is 9.10. The maximum Gasteiger partial charge on any atom is 0.154 e. The summed E-state index contributed by atoms with van der Waals surface area (Å²) in [4.78, 5) is 0. The summed E-state index contributed by atoms with van der Waals surface area (Å²) in [6.07, 6.45) is 2.39. The standard InChI is InChI=1S/C9H9BrN2O2/c1-12-8(6(10)5-11-12)9(13)7-3-2-4-14-7/h2-5,9,13H,1H3. The number of halogens is 1. The van der Waals surface area contributed by atoms with Crippen molar-refractivity contribution in [2.45, 2.75) is 6.10 Å². The van der Waals surface area contributed by atoms with Gasteiger partial charge in [-0.15, -0.1) is 0 Å². The predicted molar refractivity (Wildman–Crippen MR) is 53.7 cm³/mol. The van der Waals surface area contributed by atoms with Crippen LogP contribution in [0.2, 0.25) is 0 Å². The van der Waals surface area contributed by atoms with Crippen LogP contribution in [0, 0.1) is 0 Å². The molecule has 0 amide bonds. The fraction of sp³-hybridized carbons (Fsp3) is 0.222. The molecule has 0 aliphatic carbocycles. The first kappa shape index (κ1) is 9.48. The Balaban J connectivity index is 2.41. The molecule has 5 heteroatoms. The lowest BCUT2D eigenvalue weighted by Crippen LogP contribution is -2.06. The van der Waals surface area contributed by atoms with Gasteiger partial charge in [-0.2, -0.15) is 5.10 Å². The summed E-state index contributed by atoms with van der Waals surface area (Å²) in [7, 11) is 1.77. The minimum atomic E-state index is -0.785. The average Bonchev–Trinajstić information content (AvgIpc) is 2.75. The lowest BCUT2D eigenvalue weighted by molar-refractivity contribution is 0.179. The van der Waals surface area contributed by atoms with Gasteiger partial charge in [0.15, 0.2) is 6.10 Å². The van der Waals surface area contributed by atoms with Crippen molar-refractivity contribution in [3.8, 4) is 0 Å². The van der Waals surface area contributed by atoms with E-state index in [1.807, 2.05) is 0 Å². The zero-order chi connectivity index (χ0) is 10.1. The van der Waals surface area contributed by atoms with E-state index >= 15 is 0 Å². The molecule has 4 nitrogen and oxygen atoms in total. The van der Waals surface area contributed by atoms with Gasteiger partial charge in [0.1, 0.15) is 5.76 Å². The van der Waals surface area contributed by atoms with Gasteiger partial charge in [0.2, 0.25) is 0 Å². The van der Waals surface area contributed by atoms with Crippen LogP contribution >= 0.6 is 15.9 Å². The molecule has 0 aromatic carbocycles. The Kier molecular flexibility index (Phi) is 2.43. The summed E-state index contributed by atoms with van der Waals surface area (Å²) in [6.45, 7) is 0. The summed E-state index contributed by atoms with van der Waals surface area (Å²) in [5.74, 6) is 0.509. The van der Waals surface area contributed by atoms with Crippen LogP contribution in [0.3, 0.4) is 0 Å². The Morgan fingerprint density at radius 1 is 1.64 bits per heavy atom. The predicted octanol–water partition coefficient (Wildman–Crippen LogP) is 1.86. The normalized spacial score (nSPS) is 13.1. The molecular weight excluding hydrogens is 248 g/mol. The first-order valence-electron chi connectivity index (χ1n) is 4.09. The monoisotopic (exact) mass is 256 g/mol. The van der Waals surface area contributed by atoms with Crippen LogP contribution < -0.4 is 0 Å². The van der Waals surface area contributed by atoms with Crippen LogP contribution in [0.4, 0.5) is 0 Å². The van der Waals surface area contributed by atoms with Gasteiger partial charge in [0.05, 0.1) is 22.6 Å². The van der Waals surface area contributed by atoms with E-state index in [-0.39, 0.29) is 0 Å². The van der Waals surface area contributed by atoms with Crippen LogP contribution in [0.5, 0.6) is 0 Å². The van der Waals surface area contributed by atoms with Crippen molar-refractivity contribution in [1.29, 1.82) is 0 Å². The summed E-state index contributed by atoms with van der Waals surface area (Å²) in [5, 5.41) is 14.0. The largest absolute Gasteiger partial charge is 0.466 e. The second kappa shape index (κ2) is 3.59. The summed E-state index contributed by atoms with van der Waals surface area (Å²) >= 11 is 3.32. The SMILES string of the molecule is Cn1ncc(Br)c1C(O)c1ccco1. The number of aryl methyl sites for hydroxylation is 1. The summed E-state index contributed by atoms with van der Waals surface area (Å²) in [5.41, 5.74) is 0.681. The molecule has 0 aliphatic heterocycles. The Labute approximate surface area is 89.3 Å². The third kappa shape index (κ3) is 1.49. The second-order valence-corrected chi connectivity index (χ2v) is 3.77. The van der Waals surface area contributed by atoms with Gasteiger partial charge in [-0.05, 0) is 28.1 Å². The minimum absolute atomic E-state index is 0.509. The number of furan rings is 1. The number of aliphatic hydroxyl groups excluding tert-OH is 1. The number of nitrogens with zero attached hydrogens (tertiary/aromatic N) is 2. The molecule has 0 saturated carbocycles. The molecule has 0 bridgehead atoms. The first-order chi connectivity index (χ1) is 6.70. The minimum Gasteiger partial charge on any atom is -0.466 e. The number of aliphatic hydroxyl groups is 1. The molecule has 14 heavy (non-hydrogen) atoms. The van der Waals surface area contributed by atoms with Crippen molar-refractivity contribution >= 4 is 15.9 Å². The van der Waals surface area contributed by atoms with Crippen LogP contribution in [-0.4, -0.2) is 14.9 Å². The highest BCUT2D eigenvalue weighted by Gasteiger charge is 2.19. The van der Waals surface area contributed by atoms with E-state index in [2.05, 4.69) is 21.0 Å². The molecular formula is C9H9BrN2O2. The third-order valence-electron chi connectivity index (χ3n) is 2.01. The molecule has 0 aliphatic rings. The fourth-order valence-corrected chi connectivity index (χ4v) is 1.87. The second-order valence-electron chi connectivity index (χ2n) is 2.92. The third-order valence-corrected chi connectivity index (χ3v) is 2.62. The van der Waals surface area contributed by atoms with Crippen molar-refractivity contribution in [2.75, 3.05) is 0 Å². The Morgan fingerprint density at radius 2 is 2.43 bits per heavy atom. The molecule has 74 valence electrons. The molecule has 2 heterocycles.